The molecule has 1 aromatic carbocycles. The average molecular weight is 350 g/mol. The minimum atomic E-state index is -0.597. The number of carbonyl (C=O) groups excluding carboxylic acids is 1. The Bertz CT molecular complexity index is 588. The summed E-state index contributed by atoms with van der Waals surface area (Å²) in [6.07, 6.45) is 6.55. The molecule has 2 atom stereocenters. The highest BCUT2D eigenvalue weighted by Crippen LogP contribution is 2.44. The van der Waals surface area contributed by atoms with E-state index in [9.17, 15) is 4.79 Å². The standard InChI is InChI=1S/C17H20BrNO2/c18-12-5-6-15-14(10-12)16(20)17(21-15)7-3-9-19-8-2-1-4-13(19)11-17/h5-6,10,13H,1-4,7-9,11H2. The van der Waals surface area contributed by atoms with Gasteiger partial charge in [-0.25, -0.2) is 0 Å². The SMILES string of the molecule is O=C1c2cc(Br)ccc2OC12CCCN1CCCCC1C2. The van der Waals surface area contributed by atoms with Crippen LogP contribution in [0.15, 0.2) is 22.7 Å². The van der Waals surface area contributed by atoms with Crippen molar-refractivity contribution < 1.29 is 9.53 Å². The summed E-state index contributed by atoms with van der Waals surface area (Å²) in [6.45, 7) is 2.30. The van der Waals surface area contributed by atoms with E-state index in [1.165, 1.54) is 25.8 Å². The lowest BCUT2D eigenvalue weighted by atomic mass is 9.84. The van der Waals surface area contributed by atoms with Gasteiger partial charge in [-0.05, 0) is 57.0 Å². The van der Waals surface area contributed by atoms with Gasteiger partial charge in [0.25, 0.3) is 0 Å². The van der Waals surface area contributed by atoms with E-state index in [1.807, 2.05) is 18.2 Å². The van der Waals surface area contributed by atoms with Gasteiger partial charge in [0.15, 0.2) is 5.60 Å². The third kappa shape index (κ3) is 2.23. The van der Waals surface area contributed by atoms with Crippen molar-refractivity contribution in [3.8, 4) is 5.75 Å². The van der Waals surface area contributed by atoms with Crippen LogP contribution in [0.3, 0.4) is 0 Å². The Morgan fingerprint density at radius 2 is 2.10 bits per heavy atom. The minimum absolute atomic E-state index is 0.200. The van der Waals surface area contributed by atoms with Gasteiger partial charge in [-0.2, -0.15) is 0 Å². The molecule has 4 rings (SSSR count). The molecule has 0 aromatic heterocycles. The Morgan fingerprint density at radius 1 is 1.24 bits per heavy atom. The summed E-state index contributed by atoms with van der Waals surface area (Å²) in [6, 6.07) is 6.31. The van der Waals surface area contributed by atoms with Crippen molar-refractivity contribution in [1.82, 2.24) is 4.90 Å². The molecule has 3 aliphatic heterocycles. The van der Waals surface area contributed by atoms with E-state index in [1.54, 1.807) is 0 Å². The van der Waals surface area contributed by atoms with E-state index >= 15 is 0 Å². The number of rotatable bonds is 0. The molecule has 3 aliphatic rings. The molecule has 0 radical (unpaired) electrons. The molecule has 112 valence electrons. The number of halogens is 1. The van der Waals surface area contributed by atoms with E-state index < -0.39 is 5.60 Å². The molecule has 1 aromatic rings. The molecule has 0 N–H and O–H groups in total. The van der Waals surface area contributed by atoms with E-state index in [-0.39, 0.29) is 5.78 Å². The second kappa shape index (κ2) is 5.10. The number of nitrogens with zero attached hydrogens (tertiary/aromatic N) is 1. The number of hydrogen-bond donors (Lipinski definition) is 0. The van der Waals surface area contributed by atoms with Crippen LogP contribution in [0.2, 0.25) is 0 Å². The van der Waals surface area contributed by atoms with Crippen molar-refractivity contribution in [3.05, 3.63) is 28.2 Å². The topological polar surface area (TPSA) is 29.5 Å². The summed E-state index contributed by atoms with van der Waals surface area (Å²) < 4.78 is 7.18. The van der Waals surface area contributed by atoms with Gasteiger partial charge >= 0.3 is 0 Å². The number of carbonyl (C=O) groups is 1. The monoisotopic (exact) mass is 349 g/mol. The Kier molecular flexibility index (Phi) is 3.34. The largest absolute Gasteiger partial charge is 0.478 e. The third-order valence-corrected chi connectivity index (χ3v) is 5.74. The Morgan fingerprint density at radius 3 is 3.00 bits per heavy atom. The number of piperidine rings is 1. The smallest absolute Gasteiger partial charge is 0.210 e. The maximum absolute atomic E-state index is 13.0. The van der Waals surface area contributed by atoms with Crippen LogP contribution in [-0.2, 0) is 0 Å². The van der Waals surface area contributed by atoms with Crippen molar-refractivity contribution in [2.75, 3.05) is 13.1 Å². The zero-order valence-electron chi connectivity index (χ0n) is 12.1. The fourth-order valence-electron chi connectivity index (χ4n) is 4.21. The second-order valence-corrected chi connectivity index (χ2v) is 7.47. The van der Waals surface area contributed by atoms with Crippen molar-refractivity contribution in [3.63, 3.8) is 0 Å². The van der Waals surface area contributed by atoms with Crippen molar-refractivity contribution in [2.24, 2.45) is 0 Å². The fraction of sp³-hybridized carbons (Fsp3) is 0.588. The molecule has 0 amide bonds. The lowest BCUT2D eigenvalue weighted by molar-refractivity contribution is 0.0384. The molecule has 3 heterocycles. The Hall–Kier alpha value is -0.870. The number of fused-ring (bicyclic) bond motifs is 2. The van der Waals surface area contributed by atoms with Crippen LogP contribution in [0.25, 0.3) is 0 Å². The highest BCUT2D eigenvalue weighted by Gasteiger charge is 2.50. The summed E-state index contributed by atoms with van der Waals surface area (Å²) in [5.41, 5.74) is 0.161. The predicted molar refractivity (Wildman–Crippen MR) is 84.9 cm³/mol. The summed E-state index contributed by atoms with van der Waals surface area (Å²) in [5, 5.41) is 0. The fourth-order valence-corrected chi connectivity index (χ4v) is 4.57. The highest BCUT2D eigenvalue weighted by atomic mass is 79.9. The molecule has 2 saturated heterocycles. The van der Waals surface area contributed by atoms with Crippen LogP contribution >= 0.6 is 15.9 Å². The first-order chi connectivity index (χ1) is 10.2. The molecular weight excluding hydrogens is 330 g/mol. The normalized spacial score (nSPS) is 32.4. The number of benzene rings is 1. The molecule has 2 unspecified atom stereocenters. The van der Waals surface area contributed by atoms with Crippen LogP contribution in [0.1, 0.15) is 48.9 Å². The zero-order valence-corrected chi connectivity index (χ0v) is 13.7. The first kappa shape index (κ1) is 13.8. The zero-order chi connectivity index (χ0) is 14.4. The van der Waals surface area contributed by atoms with Crippen LogP contribution in [-0.4, -0.2) is 35.4 Å². The van der Waals surface area contributed by atoms with E-state index in [0.29, 0.717) is 6.04 Å². The first-order valence-electron chi connectivity index (χ1n) is 7.95. The maximum Gasteiger partial charge on any atom is 0.210 e. The minimum Gasteiger partial charge on any atom is -0.478 e. The number of ketones is 1. The Balaban J connectivity index is 1.67. The lowest BCUT2D eigenvalue weighted by Gasteiger charge is -2.36. The second-order valence-electron chi connectivity index (χ2n) is 6.56. The average Bonchev–Trinajstić information content (AvgIpc) is 2.65. The molecule has 0 bridgehead atoms. The van der Waals surface area contributed by atoms with Gasteiger partial charge < -0.3 is 9.64 Å². The maximum atomic E-state index is 13.0. The summed E-state index contributed by atoms with van der Waals surface area (Å²) in [4.78, 5) is 15.6. The molecule has 2 fully saturated rings. The van der Waals surface area contributed by atoms with Gasteiger partial charge in [-0.1, -0.05) is 22.4 Å². The van der Waals surface area contributed by atoms with Crippen molar-refractivity contribution in [2.45, 2.75) is 50.2 Å². The van der Waals surface area contributed by atoms with Gasteiger partial charge in [0, 0.05) is 16.9 Å². The lowest BCUT2D eigenvalue weighted by Crippen LogP contribution is -2.46. The van der Waals surface area contributed by atoms with Crippen LogP contribution in [0.4, 0.5) is 0 Å². The number of hydrogen-bond acceptors (Lipinski definition) is 3. The number of ether oxygens (including phenoxy) is 1. The first-order valence-corrected chi connectivity index (χ1v) is 8.75. The molecule has 3 nitrogen and oxygen atoms in total. The molecule has 1 spiro atoms. The molecular formula is C17H20BrNO2. The van der Waals surface area contributed by atoms with E-state index in [4.69, 9.17) is 4.74 Å². The number of Topliss-reactive ketones (excluding diaryl/α,β-unsaturated/α-hetero) is 1. The summed E-state index contributed by atoms with van der Waals surface area (Å²) in [5.74, 6) is 0.971. The Labute approximate surface area is 133 Å². The van der Waals surface area contributed by atoms with Crippen LogP contribution < -0.4 is 4.74 Å². The van der Waals surface area contributed by atoms with Gasteiger partial charge in [-0.15, -0.1) is 0 Å². The molecule has 0 aliphatic carbocycles. The van der Waals surface area contributed by atoms with E-state index in [2.05, 4.69) is 20.8 Å². The highest BCUT2D eigenvalue weighted by molar-refractivity contribution is 9.10. The third-order valence-electron chi connectivity index (χ3n) is 5.25. The van der Waals surface area contributed by atoms with Crippen molar-refractivity contribution in [1.29, 1.82) is 0 Å². The molecule has 4 heteroatoms. The van der Waals surface area contributed by atoms with Crippen LogP contribution in [0.5, 0.6) is 5.75 Å². The van der Waals surface area contributed by atoms with Crippen LogP contribution in [0, 0.1) is 0 Å². The predicted octanol–water partition coefficient (Wildman–Crippen LogP) is 3.80. The quantitative estimate of drug-likeness (QED) is 0.713. The van der Waals surface area contributed by atoms with Gasteiger partial charge in [0.2, 0.25) is 5.78 Å². The van der Waals surface area contributed by atoms with Gasteiger partial charge in [-0.3, -0.25) is 4.79 Å². The van der Waals surface area contributed by atoms with E-state index in [0.717, 1.165) is 41.6 Å². The molecule has 0 saturated carbocycles. The van der Waals surface area contributed by atoms with Gasteiger partial charge in [0.1, 0.15) is 5.75 Å². The summed E-state index contributed by atoms with van der Waals surface area (Å²) >= 11 is 3.46. The van der Waals surface area contributed by atoms with Crippen molar-refractivity contribution >= 4 is 21.7 Å². The van der Waals surface area contributed by atoms with Gasteiger partial charge in [0.05, 0.1) is 5.56 Å². The molecule has 21 heavy (non-hydrogen) atoms. The summed E-state index contributed by atoms with van der Waals surface area (Å²) in [7, 11) is 0.